The van der Waals surface area contributed by atoms with E-state index in [0.717, 1.165) is 5.56 Å². The molecule has 122 valence electrons. The van der Waals surface area contributed by atoms with Crippen LogP contribution in [-0.2, 0) is 0 Å². The minimum atomic E-state index is -0.171. The number of benzene rings is 2. The summed E-state index contributed by atoms with van der Waals surface area (Å²) in [6, 6.07) is 20.3. The number of pyridine rings is 1. The van der Waals surface area contributed by atoms with E-state index >= 15 is 0 Å². The maximum atomic E-state index is 12.3. The van der Waals surface area contributed by atoms with Crippen LogP contribution >= 0.6 is 0 Å². The van der Waals surface area contributed by atoms with Crippen molar-refractivity contribution >= 4 is 23.1 Å². The molecule has 0 aliphatic carbocycles. The Balaban J connectivity index is 1.72. The average molecular weight is 328 g/mol. The summed E-state index contributed by atoms with van der Waals surface area (Å²) in [5.74, 6) is 0.423. The van der Waals surface area contributed by atoms with E-state index in [1.54, 1.807) is 36.5 Å². The standard InChI is InChI=1S/C20H16N4O/c1-14-6-2-4-8-17(14)20(25)23-16-10-11-19(22-13-16)24-18-9-5-3-7-15(18)12-21/h2-11,13H,1H3,(H,22,24)(H,23,25). The Morgan fingerprint density at radius 3 is 2.52 bits per heavy atom. The predicted octanol–water partition coefficient (Wildman–Crippen LogP) is 4.26. The Kier molecular flexibility index (Phi) is 4.72. The third kappa shape index (κ3) is 3.82. The molecule has 1 amide bonds. The Hall–Kier alpha value is -3.65. The van der Waals surface area contributed by atoms with Crippen LogP contribution in [0, 0.1) is 18.3 Å². The third-order valence-corrected chi connectivity index (χ3v) is 3.72. The molecule has 2 N–H and O–H groups in total. The van der Waals surface area contributed by atoms with Gasteiger partial charge in [0.1, 0.15) is 11.9 Å². The normalized spacial score (nSPS) is 9.92. The number of nitrogens with one attached hydrogen (secondary N) is 2. The van der Waals surface area contributed by atoms with Gasteiger partial charge in [0.15, 0.2) is 0 Å². The lowest BCUT2D eigenvalue weighted by Gasteiger charge is -2.09. The summed E-state index contributed by atoms with van der Waals surface area (Å²) in [6.07, 6.45) is 1.58. The van der Waals surface area contributed by atoms with Gasteiger partial charge >= 0.3 is 0 Å². The molecule has 0 aliphatic heterocycles. The highest BCUT2D eigenvalue weighted by atomic mass is 16.1. The zero-order valence-corrected chi connectivity index (χ0v) is 13.7. The smallest absolute Gasteiger partial charge is 0.255 e. The summed E-state index contributed by atoms with van der Waals surface area (Å²) in [6.45, 7) is 1.90. The number of hydrogen-bond donors (Lipinski definition) is 2. The van der Waals surface area contributed by atoms with Gasteiger partial charge in [-0.05, 0) is 42.8 Å². The van der Waals surface area contributed by atoms with Gasteiger partial charge in [-0.2, -0.15) is 5.26 Å². The van der Waals surface area contributed by atoms with E-state index in [9.17, 15) is 4.79 Å². The first-order valence-electron chi connectivity index (χ1n) is 7.76. The van der Waals surface area contributed by atoms with Gasteiger partial charge in [0.05, 0.1) is 23.1 Å². The van der Waals surface area contributed by atoms with Crippen molar-refractivity contribution in [3.63, 3.8) is 0 Å². The van der Waals surface area contributed by atoms with Crippen LogP contribution in [0.25, 0.3) is 0 Å². The number of para-hydroxylation sites is 1. The summed E-state index contributed by atoms with van der Waals surface area (Å²) >= 11 is 0. The van der Waals surface area contributed by atoms with Crippen LogP contribution in [0.1, 0.15) is 21.5 Å². The molecule has 0 fully saturated rings. The lowest BCUT2D eigenvalue weighted by molar-refractivity contribution is 0.102. The molecule has 1 aromatic heterocycles. The van der Waals surface area contributed by atoms with E-state index in [1.807, 2.05) is 37.3 Å². The van der Waals surface area contributed by atoms with E-state index in [0.29, 0.717) is 28.3 Å². The lowest BCUT2D eigenvalue weighted by Crippen LogP contribution is -2.13. The zero-order chi connectivity index (χ0) is 17.6. The number of nitrogens with zero attached hydrogens (tertiary/aromatic N) is 2. The van der Waals surface area contributed by atoms with Crippen LogP contribution in [0.5, 0.6) is 0 Å². The number of rotatable bonds is 4. The Bertz CT molecular complexity index is 942. The summed E-state index contributed by atoms with van der Waals surface area (Å²) in [5, 5.41) is 15.0. The predicted molar refractivity (Wildman–Crippen MR) is 97.8 cm³/mol. The molecular weight excluding hydrogens is 312 g/mol. The SMILES string of the molecule is Cc1ccccc1C(=O)Nc1ccc(Nc2ccccc2C#N)nc1. The van der Waals surface area contributed by atoms with Crippen LogP contribution in [-0.4, -0.2) is 10.9 Å². The van der Waals surface area contributed by atoms with Crippen molar-refractivity contribution in [2.24, 2.45) is 0 Å². The number of nitriles is 1. The number of aryl methyl sites for hydroxylation is 1. The minimum Gasteiger partial charge on any atom is -0.339 e. The molecule has 0 atom stereocenters. The van der Waals surface area contributed by atoms with E-state index in [4.69, 9.17) is 5.26 Å². The number of carbonyl (C=O) groups is 1. The van der Waals surface area contributed by atoms with E-state index in [-0.39, 0.29) is 5.91 Å². The van der Waals surface area contributed by atoms with Gasteiger partial charge in [0.2, 0.25) is 0 Å². The molecule has 0 saturated heterocycles. The van der Waals surface area contributed by atoms with Gasteiger partial charge in [0, 0.05) is 5.56 Å². The molecule has 0 bridgehead atoms. The van der Waals surface area contributed by atoms with Gasteiger partial charge in [-0.25, -0.2) is 4.98 Å². The van der Waals surface area contributed by atoms with Gasteiger partial charge in [-0.1, -0.05) is 30.3 Å². The maximum Gasteiger partial charge on any atom is 0.255 e. The van der Waals surface area contributed by atoms with Crippen LogP contribution in [0.3, 0.4) is 0 Å². The number of amides is 1. The molecule has 0 radical (unpaired) electrons. The van der Waals surface area contributed by atoms with Gasteiger partial charge in [-0.3, -0.25) is 4.79 Å². The molecule has 3 rings (SSSR count). The molecule has 3 aromatic rings. The fourth-order valence-corrected chi connectivity index (χ4v) is 2.40. The molecule has 5 heteroatoms. The Morgan fingerprint density at radius 1 is 1.04 bits per heavy atom. The fraction of sp³-hybridized carbons (Fsp3) is 0.0500. The Morgan fingerprint density at radius 2 is 1.80 bits per heavy atom. The van der Waals surface area contributed by atoms with Crippen molar-refractivity contribution in [2.45, 2.75) is 6.92 Å². The third-order valence-electron chi connectivity index (χ3n) is 3.72. The van der Waals surface area contributed by atoms with Crippen molar-refractivity contribution in [2.75, 3.05) is 10.6 Å². The second kappa shape index (κ2) is 7.28. The molecule has 0 aliphatic rings. The zero-order valence-electron chi connectivity index (χ0n) is 13.7. The van der Waals surface area contributed by atoms with Crippen molar-refractivity contribution in [1.29, 1.82) is 5.26 Å². The largest absolute Gasteiger partial charge is 0.339 e. The first kappa shape index (κ1) is 16.2. The lowest BCUT2D eigenvalue weighted by atomic mass is 10.1. The van der Waals surface area contributed by atoms with E-state index in [2.05, 4.69) is 21.7 Å². The van der Waals surface area contributed by atoms with Crippen molar-refractivity contribution in [1.82, 2.24) is 4.98 Å². The summed E-state index contributed by atoms with van der Waals surface area (Å²) in [4.78, 5) is 16.6. The highest BCUT2D eigenvalue weighted by Crippen LogP contribution is 2.20. The van der Waals surface area contributed by atoms with Gasteiger partial charge < -0.3 is 10.6 Å². The summed E-state index contributed by atoms with van der Waals surface area (Å²) < 4.78 is 0. The van der Waals surface area contributed by atoms with Crippen LogP contribution in [0.2, 0.25) is 0 Å². The van der Waals surface area contributed by atoms with Crippen LogP contribution in [0.15, 0.2) is 66.9 Å². The quantitative estimate of drug-likeness (QED) is 0.750. The van der Waals surface area contributed by atoms with Gasteiger partial charge in [0.25, 0.3) is 5.91 Å². The molecule has 2 aromatic carbocycles. The average Bonchev–Trinajstić information content (AvgIpc) is 2.64. The van der Waals surface area contributed by atoms with Crippen LogP contribution in [0.4, 0.5) is 17.2 Å². The first-order chi connectivity index (χ1) is 12.2. The molecular formula is C20H16N4O. The minimum absolute atomic E-state index is 0.171. The molecule has 0 saturated carbocycles. The maximum absolute atomic E-state index is 12.3. The number of hydrogen-bond acceptors (Lipinski definition) is 4. The van der Waals surface area contributed by atoms with Crippen LogP contribution < -0.4 is 10.6 Å². The highest BCUT2D eigenvalue weighted by molar-refractivity contribution is 6.05. The fourth-order valence-electron chi connectivity index (χ4n) is 2.40. The second-order valence-electron chi connectivity index (χ2n) is 5.48. The van der Waals surface area contributed by atoms with E-state index < -0.39 is 0 Å². The molecule has 25 heavy (non-hydrogen) atoms. The van der Waals surface area contributed by atoms with Crippen molar-refractivity contribution in [3.8, 4) is 6.07 Å². The Labute approximate surface area is 146 Å². The van der Waals surface area contributed by atoms with Crippen molar-refractivity contribution in [3.05, 3.63) is 83.6 Å². The number of anilines is 3. The highest BCUT2D eigenvalue weighted by Gasteiger charge is 2.09. The number of carbonyl (C=O) groups excluding carboxylic acids is 1. The molecule has 0 spiro atoms. The van der Waals surface area contributed by atoms with E-state index in [1.165, 1.54) is 0 Å². The summed E-state index contributed by atoms with van der Waals surface area (Å²) in [5.41, 5.74) is 3.38. The first-order valence-corrected chi connectivity index (χ1v) is 7.76. The topological polar surface area (TPSA) is 77.8 Å². The number of aromatic nitrogens is 1. The molecule has 5 nitrogen and oxygen atoms in total. The molecule has 0 unspecified atom stereocenters. The monoisotopic (exact) mass is 328 g/mol. The van der Waals surface area contributed by atoms with Gasteiger partial charge in [-0.15, -0.1) is 0 Å². The van der Waals surface area contributed by atoms with Crippen molar-refractivity contribution < 1.29 is 4.79 Å². The molecule has 1 heterocycles. The summed E-state index contributed by atoms with van der Waals surface area (Å²) in [7, 11) is 0. The second-order valence-corrected chi connectivity index (χ2v) is 5.48.